The summed E-state index contributed by atoms with van der Waals surface area (Å²) in [7, 11) is 0. The number of hydrogen-bond donors (Lipinski definition) is 1. The maximum atomic E-state index is 4.57. The van der Waals surface area contributed by atoms with Crippen molar-refractivity contribution in [2.75, 3.05) is 18.0 Å². The van der Waals surface area contributed by atoms with E-state index in [9.17, 15) is 0 Å². The van der Waals surface area contributed by atoms with Gasteiger partial charge in [-0.3, -0.25) is 0 Å². The second kappa shape index (κ2) is 7.74. The van der Waals surface area contributed by atoms with Crippen molar-refractivity contribution in [3.63, 3.8) is 0 Å². The Morgan fingerprint density at radius 1 is 1.14 bits per heavy atom. The first-order chi connectivity index (χ1) is 10.1. The first-order valence-corrected chi connectivity index (χ1v) is 8.35. The molecule has 4 nitrogen and oxygen atoms in total. The zero-order valence-corrected chi connectivity index (χ0v) is 14.0. The number of anilines is 1. The molecule has 0 bridgehead atoms. The third-order valence-corrected chi connectivity index (χ3v) is 4.40. The summed E-state index contributed by atoms with van der Waals surface area (Å²) in [6.07, 6.45) is 7.77. The van der Waals surface area contributed by atoms with Crippen molar-refractivity contribution >= 4 is 5.95 Å². The van der Waals surface area contributed by atoms with Crippen LogP contribution >= 0.6 is 0 Å². The van der Waals surface area contributed by atoms with Gasteiger partial charge in [0.15, 0.2) is 0 Å². The Hall–Kier alpha value is -1.16. The molecule has 0 spiro atoms. The maximum Gasteiger partial charge on any atom is 0.225 e. The van der Waals surface area contributed by atoms with Crippen LogP contribution in [0.3, 0.4) is 0 Å². The van der Waals surface area contributed by atoms with E-state index < -0.39 is 0 Å². The fourth-order valence-corrected chi connectivity index (χ4v) is 2.91. The molecule has 0 aromatic carbocycles. The lowest BCUT2D eigenvalue weighted by Gasteiger charge is -2.21. The summed E-state index contributed by atoms with van der Waals surface area (Å²) in [5.74, 6) is 2.53. The molecule has 1 aromatic rings. The minimum absolute atomic E-state index is 0.489. The molecule has 2 heterocycles. The summed E-state index contributed by atoms with van der Waals surface area (Å²) < 4.78 is 0. The lowest BCUT2D eigenvalue weighted by Crippen LogP contribution is -2.27. The summed E-state index contributed by atoms with van der Waals surface area (Å²) in [6, 6.07) is 0.489. The van der Waals surface area contributed by atoms with Gasteiger partial charge in [0.25, 0.3) is 0 Å². The van der Waals surface area contributed by atoms with Crippen LogP contribution in [0.5, 0.6) is 0 Å². The standard InChI is InChI=1S/C17H30N4/c1-13(2)16-6-5-8-21(9-7-16)17-19-11-15(12-20-17)10-18-14(3)4/h11-14,16,18H,5-10H2,1-4H3. The minimum Gasteiger partial charge on any atom is -0.341 e. The fraction of sp³-hybridized carbons (Fsp3) is 0.765. The van der Waals surface area contributed by atoms with Gasteiger partial charge in [-0.1, -0.05) is 27.7 Å². The van der Waals surface area contributed by atoms with Crippen LogP contribution < -0.4 is 10.2 Å². The van der Waals surface area contributed by atoms with E-state index >= 15 is 0 Å². The molecule has 2 rings (SSSR count). The Balaban J connectivity index is 1.92. The smallest absolute Gasteiger partial charge is 0.225 e. The molecule has 1 unspecified atom stereocenters. The zero-order chi connectivity index (χ0) is 15.2. The van der Waals surface area contributed by atoms with E-state index in [0.717, 1.165) is 43.0 Å². The van der Waals surface area contributed by atoms with Crippen molar-refractivity contribution in [3.05, 3.63) is 18.0 Å². The molecule has 1 atom stereocenters. The molecular formula is C17H30N4. The van der Waals surface area contributed by atoms with Crippen LogP contribution in [0.1, 0.15) is 52.5 Å². The quantitative estimate of drug-likeness (QED) is 0.904. The molecule has 1 aliphatic rings. The van der Waals surface area contributed by atoms with Crippen LogP contribution in [0.2, 0.25) is 0 Å². The fourth-order valence-electron chi connectivity index (χ4n) is 2.91. The molecule has 0 saturated carbocycles. The first-order valence-electron chi connectivity index (χ1n) is 8.35. The summed E-state index contributed by atoms with van der Waals surface area (Å²) in [5, 5.41) is 3.40. The molecular weight excluding hydrogens is 260 g/mol. The molecule has 0 amide bonds. The van der Waals surface area contributed by atoms with Crippen LogP contribution in [-0.4, -0.2) is 29.1 Å². The largest absolute Gasteiger partial charge is 0.341 e. The van der Waals surface area contributed by atoms with Crippen LogP contribution in [-0.2, 0) is 6.54 Å². The van der Waals surface area contributed by atoms with Crippen LogP contribution in [0.4, 0.5) is 5.95 Å². The monoisotopic (exact) mass is 290 g/mol. The maximum absolute atomic E-state index is 4.57. The van der Waals surface area contributed by atoms with Gasteiger partial charge in [-0.25, -0.2) is 9.97 Å². The third kappa shape index (κ3) is 4.95. The highest BCUT2D eigenvalue weighted by molar-refractivity contribution is 5.30. The van der Waals surface area contributed by atoms with Crippen molar-refractivity contribution in [3.8, 4) is 0 Å². The molecule has 118 valence electrons. The number of nitrogens with zero attached hydrogens (tertiary/aromatic N) is 3. The Bertz CT molecular complexity index is 413. The predicted molar refractivity (Wildman–Crippen MR) is 88.4 cm³/mol. The second-order valence-corrected chi connectivity index (χ2v) is 6.85. The third-order valence-electron chi connectivity index (χ3n) is 4.40. The van der Waals surface area contributed by atoms with Gasteiger partial charge < -0.3 is 10.2 Å². The zero-order valence-electron chi connectivity index (χ0n) is 14.0. The lowest BCUT2D eigenvalue weighted by atomic mass is 9.89. The Morgan fingerprint density at radius 3 is 2.48 bits per heavy atom. The molecule has 1 N–H and O–H groups in total. The highest BCUT2D eigenvalue weighted by Crippen LogP contribution is 2.25. The van der Waals surface area contributed by atoms with Crippen molar-refractivity contribution in [2.45, 2.75) is 59.5 Å². The first kappa shape index (κ1) is 16.2. The van der Waals surface area contributed by atoms with Gasteiger partial charge in [0.2, 0.25) is 5.95 Å². The molecule has 0 radical (unpaired) electrons. The molecule has 0 aliphatic carbocycles. The summed E-state index contributed by atoms with van der Waals surface area (Å²) in [6.45, 7) is 12.0. The number of nitrogens with one attached hydrogen (secondary N) is 1. The Kier molecular flexibility index (Phi) is 5.97. The van der Waals surface area contributed by atoms with Crippen LogP contribution in [0, 0.1) is 11.8 Å². The molecule has 1 aromatic heterocycles. The highest BCUT2D eigenvalue weighted by Gasteiger charge is 2.20. The van der Waals surface area contributed by atoms with Crippen molar-refractivity contribution in [2.24, 2.45) is 11.8 Å². The topological polar surface area (TPSA) is 41.1 Å². The second-order valence-electron chi connectivity index (χ2n) is 6.85. The Morgan fingerprint density at radius 2 is 1.86 bits per heavy atom. The number of rotatable bonds is 5. The normalized spacial score (nSPS) is 20.1. The van der Waals surface area contributed by atoms with Crippen molar-refractivity contribution in [1.29, 1.82) is 0 Å². The average Bonchev–Trinajstić information content (AvgIpc) is 2.71. The van der Waals surface area contributed by atoms with E-state index in [1.165, 1.54) is 19.3 Å². The van der Waals surface area contributed by atoms with Gasteiger partial charge in [0.1, 0.15) is 0 Å². The average molecular weight is 290 g/mol. The molecule has 1 fully saturated rings. The minimum atomic E-state index is 0.489. The summed E-state index contributed by atoms with van der Waals surface area (Å²) in [5.41, 5.74) is 1.15. The van der Waals surface area contributed by atoms with Crippen LogP contribution in [0.15, 0.2) is 12.4 Å². The lowest BCUT2D eigenvalue weighted by molar-refractivity contribution is 0.351. The van der Waals surface area contributed by atoms with E-state index in [1.54, 1.807) is 0 Å². The van der Waals surface area contributed by atoms with E-state index in [0.29, 0.717) is 6.04 Å². The van der Waals surface area contributed by atoms with Crippen LogP contribution in [0.25, 0.3) is 0 Å². The van der Waals surface area contributed by atoms with E-state index in [-0.39, 0.29) is 0 Å². The Labute approximate surface area is 129 Å². The van der Waals surface area contributed by atoms with Gasteiger partial charge in [0, 0.05) is 43.6 Å². The van der Waals surface area contributed by atoms with E-state index in [2.05, 4.69) is 47.9 Å². The highest BCUT2D eigenvalue weighted by atomic mass is 15.2. The van der Waals surface area contributed by atoms with Gasteiger partial charge in [-0.05, 0) is 31.1 Å². The van der Waals surface area contributed by atoms with E-state index in [4.69, 9.17) is 0 Å². The molecule has 1 aliphatic heterocycles. The van der Waals surface area contributed by atoms with E-state index in [1.807, 2.05) is 12.4 Å². The van der Waals surface area contributed by atoms with Gasteiger partial charge >= 0.3 is 0 Å². The van der Waals surface area contributed by atoms with Crippen molar-refractivity contribution < 1.29 is 0 Å². The summed E-state index contributed by atoms with van der Waals surface area (Å²) >= 11 is 0. The number of aromatic nitrogens is 2. The van der Waals surface area contributed by atoms with Crippen molar-refractivity contribution in [1.82, 2.24) is 15.3 Å². The van der Waals surface area contributed by atoms with Gasteiger partial charge in [-0.2, -0.15) is 0 Å². The van der Waals surface area contributed by atoms with Gasteiger partial charge in [0.05, 0.1) is 0 Å². The van der Waals surface area contributed by atoms with Gasteiger partial charge in [-0.15, -0.1) is 0 Å². The molecule has 21 heavy (non-hydrogen) atoms. The predicted octanol–water partition coefficient (Wildman–Crippen LogP) is 3.24. The SMILES string of the molecule is CC(C)NCc1cnc(N2CCCC(C(C)C)CC2)nc1. The molecule has 1 saturated heterocycles. The molecule has 4 heteroatoms. The number of hydrogen-bond acceptors (Lipinski definition) is 4. The summed E-state index contributed by atoms with van der Waals surface area (Å²) in [4.78, 5) is 11.5.